The van der Waals surface area contributed by atoms with Crippen LogP contribution in [0.2, 0.25) is 0 Å². The summed E-state index contributed by atoms with van der Waals surface area (Å²) in [4.78, 5) is 31.2. The number of rotatable bonds is 4. The maximum atomic E-state index is 13.2. The minimum Gasteiger partial charge on any atom is -0.503 e. The molecule has 1 aromatic heterocycles. The van der Waals surface area contributed by atoms with E-state index in [0.29, 0.717) is 11.1 Å². The average Bonchev–Trinajstić information content (AvgIpc) is 2.87. The van der Waals surface area contributed by atoms with Gasteiger partial charge in [0.25, 0.3) is 5.91 Å². The first-order valence-corrected chi connectivity index (χ1v) is 8.63. The normalized spacial score (nSPS) is 17.6. The van der Waals surface area contributed by atoms with Crippen molar-refractivity contribution in [1.82, 2.24) is 9.88 Å². The number of Topliss-reactive ketones (excluding diaryl/α,β-unsaturated/α-hetero) is 1. The first-order valence-electron chi connectivity index (χ1n) is 8.63. The molecule has 0 spiro atoms. The van der Waals surface area contributed by atoms with E-state index < -0.39 is 23.1 Å². The Morgan fingerprint density at radius 1 is 1.15 bits per heavy atom. The molecule has 1 atom stereocenters. The third kappa shape index (κ3) is 3.60. The SMILES string of the molecule is CC(C)(C)C(=O)C1=C(O)C(=O)N(Cc2ccc(F)cc2)C1c1ccncc1. The Morgan fingerprint density at radius 2 is 1.74 bits per heavy atom. The first kappa shape index (κ1) is 18.8. The topological polar surface area (TPSA) is 70.5 Å². The van der Waals surface area contributed by atoms with Crippen LogP contribution in [0, 0.1) is 11.2 Å². The molecule has 1 aromatic carbocycles. The Balaban J connectivity index is 2.06. The lowest BCUT2D eigenvalue weighted by Gasteiger charge is -2.28. The Hall–Kier alpha value is -3.02. The molecule has 5 nitrogen and oxygen atoms in total. The monoisotopic (exact) mass is 368 g/mol. The number of hydrogen-bond donors (Lipinski definition) is 1. The van der Waals surface area contributed by atoms with Gasteiger partial charge in [-0.2, -0.15) is 0 Å². The molecule has 0 saturated heterocycles. The number of aliphatic hydroxyl groups excluding tert-OH is 1. The Morgan fingerprint density at radius 3 is 2.30 bits per heavy atom. The van der Waals surface area contributed by atoms with Crippen molar-refractivity contribution in [1.29, 1.82) is 0 Å². The van der Waals surface area contributed by atoms with E-state index in [9.17, 15) is 19.1 Å². The zero-order chi connectivity index (χ0) is 19.8. The summed E-state index contributed by atoms with van der Waals surface area (Å²) in [6.07, 6.45) is 3.15. The van der Waals surface area contributed by atoms with Crippen molar-refractivity contribution in [2.24, 2.45) is 5.41 Å². The molecule has 3 rings (SSSR count). The zero-order valence-electron chi connectivity index (χ0n) is 15.4. The second kappa shape index (κ2) is 6.95. The highest BCUT2D eigenvalue weighted by molar-refractivity contribution is 6.10. The number of hydrogen-bond acceptors (Lipinski definition) is 4. The quantitative estimate of drug-likeness (QED) is 0.893. The molecule has 1 aliphatic rings. The van der Waals surface area contributed by atoms with Crippen LogP contribution in [0.25, 0.3) is 0 Å². The predicted octanol–water partition coefficient (Wildman–Crippen LogP) is 3.73. The molecule has 1 N–H and O–H groups in total. The highest BCUT2D eigenvalue weighted by Crippen LogP contribution is 2.41. The van der Waals surface area contributed by atoms with Crippen LogP contribution in [0.4, 0.5) is 4.39 Å². The van der Waals surface area contributed by atoms with Crippen LogP contribution in [-0.2, 0) is 16.1 Å². The molecule has 1 aliphatic heterocycles. The van der Waals surface area contributed by atoms with Gasteiger partial charge < -0.3 is 10.0 Å². The molecular weight excluding hydrogens is 347 g/mol. The van der Waals surface area contributed by atoms with Gasteiger partial charge in [0.15, 0.2) is 11.5 Å². The molecule has 6 heteroatoms. The number of amides is 1. The summed E-state index contributed by atoms with van der Waals surface area (Å²) in [6, 6.07) is 8.48. The van der Waals surface area contributed by atoms with Gasteiger partial charge in [-0.05, 0) is 35.4 Å². The molecule has 0 aliphatic carbocycles. The van der Waals surface area contributed by atoms with E-state index in [0.717, 1.165) is 0 Å². The number of aliphatic hydroxyl groups is 1. The Kier molecular flexibility index (Phi) is 4.83. The predicted molar refractivity (Wildman–Crippen MR) is 98.0 cm³/mol. The number of halogens is 1. The van der Waals surface area contributed by atoms with Gasteiger partial charge in [-0.15, -0.1) is 0 Å². The maximum absolute atomic E-state index is 13.2. The van der Waals surface area contributed by atoms with E-state index in [1.807, 2.05) is 0 Å². The van der Waals surface area contributed by atoms with Gasteiger partial charge >= 0.3 is 0 Å². The number of aromatic nitrogens is 1. The van der Waals surface area contributed by atoms with E-state index in [1.54, 1.807) is 57.4 Å². The Labute approximate surface area is 157 Å². The van der Waals surface area contributed by atoms with E-state index in [4.69, 9.17) is 0 Å². The summed E-state index contributed by atoms with van der Waals surface area (Å²) < 4.78 is 13.2. The molecule has 2 aromatic rings. The number of nitrogens with zero attached hydrogens (tertiary/aromatic N) is 2. The molecule has 1 amide bonds. The smallest absolute Gasteiger partial charge is 0.290 e. The van der Waals surface area contributed by atoms with E-state index in [1.165, 1.54) is 17.0 Å². The highest BCUT2D eigenvalue weighted by Gasteiger charge is 2.45. The van der Waals surface area contributed by atoms with Crippen LogP contribution in [0.15, 0.2) is 60.1 Å². The second-order valence-corrected chi connectivity index (χ2v) is 7.58. The van der Waals surface area contributed by atoms with Crippen molar-refractivity contribution in [3.05, 3.63) is 77.1 Å². The van der Waals surface area contributed by atoms with Crippen molar-refractivity contribution in [2.45, 2.75) is 33.4 Å². The van der Waals surface area contributed by atoms with E-state index in [2.05, 4.69) is 4.98 Å². The Bertz CT molecular complexity index is 899. The fourth-order valence-corrected chi connectivity index (χ4v) is 3.13. The molecule has 1 unspecified atom stereocenters. The molecule has 0 bridgehead atoms. The van der Waals surface area contributed by atoms with Gasteiger partial charge in [-0.25, -0.2) is 4.39 Å². The van der Waals surface area contributed by atoms with E-state index >= 15 is 0 Å². The van der Waals surface area contributed by atoms with Crippen molar-refractivity contribution >= 4 is 11.7 Å². The van der Waals surface area contributed by atoms with Crippen LogP contribution >= 0.6 is 0 Å². The van der Waals surface area contributed by atoms with Crippen molar-refractivity contribution in [2.75, 3.05) is 0 Å². The van der Waals surface area contributed by atoms with Gasteiger partial charge in [0.2, 0.25) is 0 Å². The van der Waals surface area contributed by atoms with Crippen LogP contribution in [0.1, 0.15) is 37.9 Å². The minimum atomic E-state index is -0.763. The van der Waals surface area contributed by atoms with Gasteiger partial charge in [-0.3, -0.25) is 14.6 Å². The van der Waals surface area contributed by atoms with Crippen LogP contribution < -0.4 is 0 Å². The molecule has 0 radical (unpaired) electrons. The highest BCUT2D eigenvalue weighted by atomic mass is 19.1. The van der Waals surface area contributed by atoms with Gasteiger partial charge in [-0.1, -0.05) is 32.9 Å². The first-order chi connectivity index (χ1) is 12.7. The molecule has 27 heavy (non-hydrogen) atoms. The van der Waals surface area contributed by atoms with Crippen LogP contribution in [-0.4, -0.2) is 26.7 Å². The van der Waals surface area contributed by atoms with Crippen molar-refractivity contribution < 1.29 is 19.1 Å². The number of carbonyl (C=O) groups is 2. The molecule has 2 heterocycles. The third-order valence-electron chi connectivity index (χ3n) is 4.52. The summed E-state index contributed by atoms with van der Waals surface area (Å²) in [5.41, 5.74) is 0.694. The molecule has 0 saturated carbocycles. The summed E-state index contributed by atoms with van der Waals surface area (Å²) in [7, 11) is 0. The largest absolute Gasteiger partial charge is 0.503 e. The summed E-state index contributed by atoms with van der Waals surface area (Å²) in [5, 5.41) is 10.5. The average molecular weight is 368 g/mol. The van der Waals surface area contributed by atoms with Gasteiger partial charge in [0.1, 0.15) is 5.82 Å². The van der Waals surface area contributed by atoms with Crippen molar-refractivity contribution in [3.8, 4) is 0 Å². The lowest BCUT2D eigenvalue weighted by Crippen LogP contribution is -2.32. The fraction of sp³-hybridized carbons (Fsp3) is 0.286. The number of benzene rings is 1. The van der Waals surface area contributed by atoms with Crippen molar-refractivity contribution in [3.63, 3.8) is 0 Å². The summed E-state index contributed by atoms with van der Waals surface area (Å²) in [5.74, 6) is -1.81. The lowest BCUT2D eigenvalue weighted by atomic mass is 9.82. The molecular formula is C21H21FN2O3. The van der Waals surface area contributed by atoms with E-state index in [-0.39, 0.29) is 23.7 Å². The zero-order valence-corrected chi connectivity index (χ0v) is 15.4. The molecule has 0 fully saturated rings. The van der Waals surface area contributed by atoms with Crippen LogP contribution in [0.3, 0.4) is 0 Å². The number of carbonyl (C=O) groups excluding carboxylic acids is 2. The standard InChI is InChI=1S/C21H21FN2O3/c1-21(2,3)19(26)16-17(14-8-10-23-11-9-14)24(20(27)18(16)25)12-13-4-6-15(22)7-5-13/h4-11,17,25H,12H2,1-3H3. The number of ketones is 1. The minimum absolute atomic E-state index is 0.0841. The maximum Gasteiger partial charge on any atom is 0.290 e. The number of pyridine rings is 1. The summed E-state index contributed by atoms with van der Waals surface area (Å²) in [6.45, 7) is 5.36. The second-order valence-electron chi connectivity index (χ2n) is 7.58. The third-order valence-corrected chi connectivity index (χ3v) is 4.52. The van der Waals surface area contributed by atoms with Gasteiger partial charge in [0, 0.05) is 24.4 Å². The fourth-order valence-electron chi connectivity index (χ4n) is 3.13. The van der Waals surface area contributed by atoms with Gasteiger partial charge in [0.05, 0.1) is 11.6 Å². The summed E-state index contributed by atoms with van der Waals surface area (Å²) >= 11 is 0. The molecule has 140 valence electrons. The van der Waals surface area contributed by atoms with Crippen LogP contribution in [0.5, 0.6) is 0 Å². The lowest BCUT2D eigenvalue weighted by molar-refractivity contribution is -0.130.